The fourth-order valence-electron chi connectivity index (χ4n) is 3.46. The minimum absolute atomic E-state index is 0.0696. The van der Waals surface area contributed by atoms with Gasteiger partial charge in [-0.05, 0) is 38.1 Å². The Balaban J connectivity index is 1.90. The van der Waals surface area contributed by atoms with E-state index in [2.05, 4.69) is 24.6 Å². The number of pyridine rings is 1. The van der Waals surface area contributed by atoms with Crippen molar-refractivity contribution >= 4 is 17.0 Å². The molecule has 4 rings (SSSR count). The number of nitrogens with one attached hydrogen (secondary N) is 1. The number of methoxy groups -OCH3 is 1. The van der Waals surface area contributed by atoms with E-state index in [1.165, 1.54) is 18.3 Å². The summed E-state index contributed by atoms with van der Waals surface area (Å²) in [5.74, 6) is -0.710. The number of hydrogen-bond donors (Lipinski definition) is 1. The van der Waals surface area contributed by atoms with Crippen molar-refractivity contribution in [1.82, 2.24) is 15.1 Å². The average molecular weight is 431 g/mol. The van der Waals surface area contributed by atoms with Gasteiger partial charge in [0, 0.05) is 40.0 Å². The van der Waals surface area contributed by atoms with Crippen molar-refractivity contribution in [3.63, 3.8) is 0 Å². The molecule has 0 aliphatic heterocycles. The van der Waals surface area contributed by atoms with Crippen LogP contribution in [0.25, 0.3) is 33.3 Å². The van der Waals surface area contributed by atoms with E-state index in [1.807, 2.05) is 0 Å². The molecule has 0 spiro atoms. The van der Waals surface area contributed by atoms with Crippen molar-refractivity contribution in [2.45, 2.75) is 20.2 Å². The molecule has 1 N–H and O–H groups in total. The molecule has 0 bridgehead atoms. The molecule has 0 radical (unpaired) electrons. The molecule has 0 unspecified atom stereocenters. The second-order valence-corrected chi connectivity index (χ2v) is 6.77. The number of alkyl halides is 3. The van der Waals surface area contributed by atoms with Gasteiger partial charge in [0.25, 0.3) is 0 Å². The molecule has 160 valence electrons. The van der Waals surface area contributed by atoms with E-state index in [0.717, 1.165) is 18.7 Å². The summed E-state index contributed by atoms with van der Waals surface area (Å²) >= 11 is 0. The van der Waals surface area contributed by atoms with E-state index in [1.54, 1.807) is 26.1 Å². The minimum Gasteiger partial charge on any atom is -0.465 e. The first kappa shape index (κ1) is 20.5. The molecule has 4 aromatic rings. The van der Waals surface area contributed by atoms with Gasteiger partial charge in [0.2, 0.25) is 0 Å². The molecular formula is C21H16F3N3O4. The Kier molecular flexibility index (Phi) is 4.92. The topological polar surface area (TPSA) is 90.2 Å². The van der Waals surface area contributed by atoms with Crippen LogP contribution in [-0.4, -0.2) is 34.6 Å². The molecule has 3 aromatic heterocycles. The minimum atomic E-state index is -4.95. The van der Waals surface area contributed by atoms with Gasteiger partial charge in [-0.3, -0.25) is 0 Å². The van der Waals surface area contributed by atoms with Crippen molar-refractivity contribution in [3.8, 4) is 28.0 Å². The summed E-state index contributed by atoms with van der Waals surface area (Å²) in [4.78, 5) is 19.1. The maximum atomic E-state index is 13.1. The lowest BCUT2D eigenvalue weighted by Crippen LogP contribution is -2.18. The van der Waals surface area contributed by atoms with Crippen LogP contribution in [0.4, 0.5) is 13.2 Å². The number of halogens is 3. The normalized spacial score (nSPS) is 11.7. The van der Waals surface area contributed by atoms with Crippen molar-refractivity contribution in [2.75, 3.05) is 7.11 Å². The summed E-state index contributed by atoms with van der Waals surface area (Å²) in [5, 5.41) is 4.50. The van der Waals surface area contributed by atoms with Crippen LogP contribution in [0.3, 0.4) is 0 Å². The lowest BCUT2D eigenvalue weighted by Gasteiger charge is -2.14. The van der Waals surface area contributed by atoms with E-state index < -0.39 is 18.1 Å². The van der Waals surface area contributed by atoms with E-state index in [-0.39, 0.29) is 11.1 Å². The highest BCUT2D eigenvalue weighted by molar-refractivity contribution is 5.99. The molecule has 0 saturated heterocycles. The number of rotatable bonds is 4. The van der Waals surface area contributed by atoms with E-state index in [9.17, 15) is 18.0 Å². The van der Waals surface area contributed by atoms with Crippen molar-refractivity contribution in [1.29, 1.82) is 0 Å². The molecule has 0 amide bonds. The Morgan fingerprint density at radius 3 is 2.58 bits per heavy atom. The zero-order valence-electron chi connectivity index (χ0n) is 16.6. The Morgan fingerprint density at radius 1 is 1.16 bits per heavy atom. The zero-order chi connectivity index (χ0) is 22.3. The second kappa shape index (κ2) is 7.46. The SMILES string of the molecule is COC(=O)c1ccc(-c2c[nH]c3ncc(-c4c(C)noc4C)cc23)c(OC(F)(F)F)c1. The van der Waals surface area contributed by atoms with Crippen LogP contribution in [-0.2, 0) is 4.74 Å². The van der Waals surface area contributed by atoms with Crippen LogP contribution in [0.2, 0.25) is 0 Å². The number of nitrogens with zero attached hydrogens (tertiary/aromatic N) is 2. The van der Waals surface area contributed by atoms with Crippen LogP contribution in [0.15, 0.2) is 41.2 Å². The third-order valence-electron chi connectivity index (χ3n) is 4.77. The molecule has 10 heteroatoms. The Bertz CT molecular complexity index is 1270. The molecule has 0 atom stereocenters. The number of aryl methyl sites for hydroxylation is 2. The highest BCUT2D eigenvalue weighted by Gasteiger charge is 2.33. The Morgan fingerprint density at radius 2 is 1.94 bits per heavy atom. The number of fused-ring (bicyclic) bond motifs is 1. The predicted molar refractivity (Wildman–Crippen MR) is 105 cm³/mol. The van der Waals surface area contributed by atoms with Gasteiger partial charge in [-0.2, -0.15) is 0 Å². The quantitative estimate of drug-likeness (QED) is 0.448. The molecule has 3 heterocycles. The van der Waals surface area contributed by atoms with Gasteiger partial charge in [-0.25, -0.2) is 9.78 Å². The number of aromatic amines is 1. The van der Waals surface area contributed by atoms with Crippen LogP contribution in [0, 0.1) is 13.8 Å². The number of hydrogen-bond acceptors (Lipinski definition) is 6. The van der Waals surface area contributed by atoms with E-state index >= 15 is 0 Å². The molecular weight excluding hydrogens is 415 g/mol. The molecule has 0 aliphatic carbocycles. The van der Waals surface area contributed by atoms with Crippen molar-refractivity contribution in [3.05, 3.63) is 53.7 Å². The summed E-state index contributed by atoms with van der Waals surface area (Å²) in [7, 11) is 1.14. The summed E-state index contributed by atoms with van der Waals surface area (Å²) in [6, 6.07) is 5.53. The van der Waals surface area contributed by atoms with Crippen molar-refractivity contribution < 1.29 is 32.0 Å². The van der Waals surface area contributed by atoms with Crippen LogP contribution in [0.1, 0.15) is 21.8 Å². The Labute approximate surface area is 173 Å². The van der Waals surface area contributed by atoms with Gasteiger partial charge in [-0.1, -0.05) is 5.16 Å². The van der Waals surface area contributed by atoms with Crippen molar-refractivity contribution in [2.24, 2.45) is 0 Å². The summed E-state index contributed by atoms with van der Waals surface area (Å²) < 4.78 is 53.2. The highest BCUT2D eigenvalue weighted by Crippen LogP contribution is 2.39. The number of H-pyrrole nitrogens is 1. The lowest BCUT2D eigenvalue weighted by molar-refractivity contribution is -0.274. The smallest absolute Gasteiger partial charge is 0.465 e. The van der Waals surface area contributed by atoms with Gasteiger partial charge in [0.05, 0.1) is 18.4 Å². The summed E-state index contributed by atoms with van der Waals surface area (Å²) in [6.45, 7) is 3.55. The van der Waals surface area contributed by atoms with Gasteiger partial charge in [0.1, 0.15) is 17.2 Å². The zero-order valence-corrected chi connectivity index (χ0v) is 16.6. The van der Waals surface area contributed by atoms with E-state index in [4.69, 9.17) is 4.52 Å². The standard InChI is InChI=1S/C21H16F3N3O4/c1-10-18(11(2)31-27-10)13-6-15-16(9-26-19(15)25-8-13)14-5-4-12(20(28)29-3)7-17(14)30-21(22,23)24/h4-9H,1-3H3,(H,25,26). The van der Waals surface area contributed by atoms with Crippen LogP contribution >= 0.6 is 0 Å². The summed E-state index contributed by atoms with van der Waals surface area (Å²) in [5.41, 5.74) is 3.09. The number of esters is 1. The molecule has 7 nitrogen and oxygen atoms in total. The van der Waals surface area contributed by atoms with Gasteiger partial charge < -0.3 is 19.0 Å². The highest BCUT2D eigenvalue weighted by atomic mass is 19.4. The molecule has 0 saturated carbocycles. The molecule has 1 aromatic carbocycles. The number of carbonyl (C=O) groups excluding carboxylic acids is 1. The second-order valence-electron chi connectivity index (χ2n) is 6.77. The average Bonchev–Trinajstić information content (AvgIpc) is 3.28. The van der Waals surface area contributed by atoms with Gasteiger partial charge in [-0.15, -0.1) is 13.2 Å². The first-order valence-corrected chi connectivity index (χ1v) is 9.07. The van der Waals surface area contributed by atoms with Crippen LogP contribution in [0.5, 0.6) is 5.75 Å². The van der Waals surface area contributed by atoms with Gasteiger partial charge >= 0.3 is 12.3 Å². The first-order chi connectivity index (χ1) is 14.7. The largest absolute Gasteiger partial charge is 0.573 e. The third-order valence-corrected chi connectivity index (χ3v) is 4.77. The molecule has 31 heavy (non-hydrogen) atoms. The molecule has 0 aliphatic rings. The van der Waals surface area contributed by atoms with Crippen LogP contribution < -0.4 is 4.74 Å². The first-order valence-electron chi connectivity index (χ1n) is 9.07. The maximum Gasteiger partial charge on any atom is 0.573 e. The Hall–Kier alpha value is -3.82. The predicted octanol–water partition coefficient (Wildman–Crippen LogP) is 5.19. The number of benzene rings is 1. The number of aromatic nitrogens is 3. The van der Waals surface area contributed by atoms with E-state index in [0.29, 0.717) is 33.6 Å². The molecule has 0 fully saturated rings. The van der Waals surface area contributed by atoms with Gasteiger partial charge in [0.15, 0.2) is 0 Å². The maximum absolute atomic E-state index is 13.1. The summed E-state index contributed by atoms with van der Waals surface area (Å²) in [6.07, 6.45) is -1.79. The fraction of sp³-hybridized carbons (Fsp3) is 0.190. The number of carbonyl (C=O) groups is 1. The third kappa shape index (κ3) is 3.83. The monoisotopic (exact) mass is 431 g/mol. The number of ether oxygens (including phenoxy) is 2. The fourth-order valence-corrected chi connectivity index (χ4v) is 3.46. The lowest BCUT2D eigenvalue weighted by atomic mass is 10.00.